The number of esters is 1. The molecule has 1 aliphatic rings. The van der Waals surface area contributed by atoms with Gasteiger partial charge in [0.1, 0.15) is 4.88 Å². The number of carbonyl (C=O) groups is 2. The minimum atomic E-state index is -0.460. The molecule has 3 heterocycles. The Kier molecular flexibility index (Phi) is 5.39. The highest BCUT2D eigenvalue weighted by Gasteiger charge is 2.20. The average Bonchev–Trinajstić information content (AvgIpc) is 3.40. The summed E-state index contributed by atoms with van der Waals surface area (Å²) in [6.07, 6.45) is 0. The Morgan fingerprint density at radius 3 is 2.57 bits per heavy atom. The Bertz CT molecular complexity index is 1120. The van der Waals surface area contributed by atoms with Crippen LogP contribution in [0.2, 0.25) is 0 Å². The topological polar surface area (TPSA) is 66.8 Å². The Labute approximate surface area is 179 Å². The summed E-state index contributed by atoms with van der Waals surface area (Å²) in [6.45, 7) is 8.33. The van der Waals surface area contributed by atoms with Crippen LogP contribution in [0.5, 0.6) is 11.5 Å². The van der Waals surface area contributed by atoms with E-state index in [9.17, 15) is 9.59 Å². The first-order valence-electron chi connectivity index (χ1n) is 9.66. The van der Waals surface area contributed by atoms with Gasteiger partial charge in [-0.05, 0) is 63.1 Å². The number of aromatic nitrogens is 1. The van der Waals surface area contributed by atoms with Gasteiger partial charge in [-0.2, -0.15) is 0 Å². The van der Waals surface area contributed by atoms with Gasteiger partial charge in [0.25, 0.3) is 0 Å². The number of hydrogen-bond donors (Lipinski definition) is 0. The summed E-state index contributed by atoms with van der Waals surface area (Å²) in [6, 6.07) is 9.48. The normalized spacial score (nSPS) is 12.3. The van der Waals surface area contributed by atoms with Gasteiger partial charge >= 0.3 is 5.97 Å². The second-order valence-electron chi connectivity index (χ2n) is 7.41. The summed E-state index contributed by atoms with van der Waals surface area (Å²) >= 11 is 1.38. The molecule has 3 aromatic rings. The van der Waals surface area contributed by atoms with Crippen LogP contribution in [0.4, 0.5) is 0 Å². The zero-order valence-electron chi connectivity index (χ0n) is 17.4. The molecular weight excluding hydrogens is 402 g/mol. The zero-order valence-corrected chi connectivity index (χ0v) is 18.2. The van der Waals surface area contributed by atoms with Gasteiger partial charge in [0.05, 0.1) is 0 Å². The fraction of sp³-hybridized carbons (Fsp3) is 0.304. The third-order valence-corrected chi connectivity index (χ3v) is 6.49. The Hall–Kier alpha value is -3.06. The van der Waals surface area contributed by atoms with Crippen LogP contribution >= 0.6 is 11.3 Å². The number of Topliss-reactive ketones (excluding diaryl/α,β-unsaturated/α-hetero) is 1. The van der Waals surface area contributed by atoms with Crippen molar-refractivity contribution in [1.29, 1.82) is 0 Å². The number of carbonyl (C=O) groups excluding carboxylic acids is 2. The van der Waals surface area contributed by atoms with Gasteiger partial charge in [-0.15, -0.1) is 11.3 Å². The average molecular weight is 426 g/mol. The molecule has 2 aromatic heterocycles. The van der Waals surface area contributed by atoms with Crippen LogP contribution in [-0.2, 0) is 11.3 Å². The smallest absolute Gasteiger partial charge is 0.348 e. The van der Waals surface area contributed by atoms with Crippen LogP contribution in [0.15, 0.2) is 30.3 Å². The number of nitrogens with zero attached hydrogens (tertiary/aromatic N) is 1. The lowest BCUT2D eigenvalue weighted by molar-refractivity contribution is 0.0479. The Balaban J connectivity index is 1.46. The molecule has 0 unspecified atom stereocenters. The third kappa shape index (κ3) is 3.85. The molecule has 30 heavy (non-hydrogen) atoms. The molecule has 0 amide bonds. The lowest BCUT2D eigenvalue weighted by Crippen LogP contribution is -2.14. The highest BCUT2D eigenvalue weighted by atomic mass is 32.1. The van der Waals surface area contributed by atoms with Crippen LogP contribution in [0.1, 0.15) is 47.4 Å². The number of thiophene rings is 1. The van der Waals surface area contributed by atoms with Crippen molar-refractivity contribution in [3.8, 4) is 11.5 Å². The number of ketones is 1. The Morgan fingerprint density at radius 1 is 1.07 bits per heavy atom. The predicted octanol–water partition coefficient (Wildman–Crippen LogP) is 4.60. The number of rotatable bonds is 6. The summed E-state index contributed by atoms with van der Waals surface area (Å²) in [5.74, 6) is 0.808. The molecule has 6 nitrogen and oxygen atoms in total. The van der Waals surface area contributed by atoms with Gasteiger partial charge in [0.2, 0.25) is 12.6 Å². The van der Waals surface area contributed by atoms with E-state index in [1.807, 2.05) is 52.0 Å². The maximum absolute atomic E-state index is 12.7. The van der Waals surface area contributed by atoms with Crippen molar-refractivity contribution < 1.29 is 23.8 Å². The van der Waals surface area contributed by atoms with E-state index in [0.717, 1.165) is 38.9 Å². The van der Waals surface area contributed by atoms with E-state index in [1.165, 1.54) is 11.3 Å². The first-order chi connectivity index (χ1) is 14.3. The van der Waals surface area contributed by atoms with Crippen molar-refractivity contribution in [1.82, 2.24) is 4.57 Å². The number of aryl methyl sites for hydroxylation is 3. The van der Waals surface area contributed by atoms with Crippen molar-refractivity contribution >= 4 is 23.1 Å². The largest absolute Gasteiger partial charge is 0.454 e. The molecule has 0 atom stereocenters. The highest BCUT2D eigenvalue weighted by molar-refractivity contribution is 7.14. The molecule has 156 valence electrons. The molecule has 0 radical (unpaired) electrons. The summed E-state index contributed by atoms with van der Waals surface area (Å²) in [5, 5.41) is 0. The summed E-state index contributed by atoms with van der Waals surface area (Å²) in [7, 11) is 0. The van der Waals surface area contributed by atoms with Crippen molar-refractivity contribution in [3.05, 3.63) is 68.2 Å². The van der Waals surface area contributed by atoms with Crippen molar-refractivity contribution in [2.75, 3.05) is 13.4 Å². The molecule has 0 aliphatic carbocycles. The number of fused-ring (bicyclic) bond motifs is 1. The lowest BCUT2D eigenvalue weighted by atomic mass is 10.1. The lowest BCUT2D eigenvalue weighted by Gasteiger charge is -2.11. The van der Waals surface area contributed by atoms with Gasteiger partial charge in [0, 0.05) is 28.4 Å². The zero-order chi connectivity index (χ0) is 21.4. The standard InChI is InChI=1S/C23H23NO5S/c1-13-7-22(30-16(13)4)23(26)27-11-19(25)18-8-14(2)24(15(18)3)10-17-5-6-20-21(9-17)29-12-28-20/h5-9H,10-12H2,1-4H3. The third-order valence-electron chi connectivity index (χ3n) is 5.35. The van der Waals surface area contributed by atoms with Crippen LogP contribution in [-0.4, -0.2) is 29.7 Å². The molecule has 0 saturated heterocycles. The monoisotopic (exact) mass is 425 g/mol. The van der Waals surface area contributed by atoms with E-state index < -0.39 is 5.97 Å². The maximum atomic E-state index is 12.7. The molecule has 1 aliphatic heterocycles. The van der Waals surface area contributed by atoms with Gasteiger partial charge < -0.3 is 18.8 Å². The highest BCUT2D eigenvalue weighted by Crippen LogP contribution is 2.33. The number of hydrogen-bond acceptors (Lipinski definition) is 6. The predicted molar refractivity (Wildman–Crippen MR) is 114 cm³/mol. The fourth-order valence-electron chi connectivity index (χ4n) is 3.50. The first-order valence-corrected chi connectivity index (χ1v) is 10.5. The number of ether oxygens (including phenoxy) is 3. The van der Waals surface area contributed by atoms with Crippen LogP contribution in [0.25, 0.3) is 0 Å². The van der Waals surface area contributed by atoms with Crippen molar-refractivity contribution in [3.63, 3.8) is 0 Å². The van der Waals surface area contributed by atoms with Crippen LogP contribution < -0.4 is 9.47 Å². The fourth-order valence-corrected chi connectivity index (χ4v) is 4.43. The summed E-state index contributed by atoms with van der Waals surface area (Å²) < 4.78 is 18.1. The van der Waals surface area contributed by atoms with Crippen LogP contribution in [0.3, 0.4) is 0 Å². The molecule has 0 bridgehead atoms. The van der Waals surface area contributed by atoms with E-state index in [2.05, 4.69) is 4.57 Å². The quantitative estimate of drug-likeness (QED) is 0.427. The molecule has 7 heteroatoms. The SMILES string of the molecule is Cc1cc(C(=O)OCC(=O)c2cc(C)n(Cc3ccc4c(c3)OCO4)c2C)sc1C. The second kappa shape index (κ2) is 7.99. The number of benzene rings is 1. The van der Waals surface area contributed by atoms with Gasteiger partial charge in [-0.3, -0.25) is 4.79 Å². The minimum absolute atomic E-state index is 0.210. The first kappa shape index (κ1) is 20.2. The van der Waals surface area contributed by atoms with Gasteiger partial charge in [0.15, 0.2) is 18.1 Å². The van der Waals surface area contributed by atoms with Gasteiger partial charge in [-0.25, -0.2) is 4.79 Å². The molecule has 0 saturated carbocycles. The van der Waals surface area contributed by atoms with Crippen LogP contribution in [0, 0.1) is 27.7 Å². The van der Waals surface area contributed by atoms with Gasteiger partial charge in [-0.1, -0.05) is 6.07 Å². The molecular formula is C23H23NO5S. The van der Waals surface area contributed by atoms with E-state index >= 15 is 0 Å². The van der Waals surface area contributed by atoms with E-state index in [1.54, 1.807) is 6.07 Å². The molecule has 0 N–H and O–H groups in total. The van der Waals surface area contributed by atoms with E-state index in [0.29, 0.717) is 17.0 Å². The van der Waals surface area contributed by atoms with Crippen molar-refractivity contribution in [2.24, 2.45) is 0 Å². The summed E-state index contributed by atoms with van der Waals surface area (Å²) in [4.78, 5) is 26.6. The van der Waals surface area contributed by atoms with E-state index in [4.69, 9.17) is 14.2 Å². The molecule has 0 spiro atoms. The van der Waals surface area contributed by atoms with Crippen molar-refractivity contribution in [2.45, 2.75) is 34.2 Å². The molecule has 0 fully saturated rings. The second-order valence-corrected chi connectivity index (χ2v) is 8.66. The minimum Gasteiger partial charge on any atom is -0.454 e. The maximum Gasteiger partial charge on any atom is 0.348 e. The molecule has 1 aromatic carbocycles. The molecule has 4 rings (SSSR count). The summed E-state index contributed by atoms with van der Waals surface area (Å²) in [5.41, 5.74) is 4.47. The Morgan fingerprint density at radius 2 is 1.83 bits per heavy atom. The van der Waals surface area contributed by atoms with E-state index in [-0.39, 0.29) is 19.2 Å².